The van der Waals surface area contributed by atoms with E-state index in [0.29, 0.717) is 0 Å². The molecule has 0 aliphatic rings. The van der Waals surface area contributed by atoms with E-state index < -0.39 is 12.6 Å². The first kappa shape index (κ1) is 7.18. The predicted molar refractivity (Wildman–Crippen MR) is 30.6 cm³/mol. The van der Waals surface area contributed by atoms with Crippen LogP contribution in [0.3, 0.4) is 0 Å². The maximum Gasteiger partial charge on any atom is 0.394 e. The van der Waals surface area contributed by atoms with Crippen molar-refractivity contribution in [1.82, 2.24) is 4.98 Å². The number of hydrogen-bond donors (Lipinski definition) is 1. The van der Waals surface area contributed by atoms with Gasteiger partial charge in [0.25, 0.3) is 0 Å². The van der Waals surface area contributed by atoms with Gasteiger partial charge in [0.05, 0.1) is 6.42 Å². The number of halogens is 3. The second-order valence-corrected chi connectivity index (χ2v) is 1.99. The molecule has 1 nitrogen and oxygen atoms in total. The van der Waals surface area contributed by atoms with Crippen LogP contribution in [-0.2, 0) is 6.42 Å². The molecule has 4 heteroatoms. The SMILES string of the molecule is FC(F)(F)Cc1ccc[nH]1. The molecule has 0 saturated carbocycles. The van der Waals surface area contributed by atoms with Crippen molar-refractivity contribution in [2.75, 3.05) is 0 Å². The molecule has 10 heavy (non-hydrogen) atoms. The summed E-state index contributed by atoms with van der Waals surface area (Å²) in [6.07, 6.45) is -3.51. The fourth-order valence-electron chi connectivity index (χ4n) is 0.693. The van der Waals surface area contributed by atoms with Crippen LogP contribution in [-0.4, -0.2) is 11.2 Å². The van der Waals surface area contributed by atoms with Crippen molar-refractivity contribution in [3.63, 3.8) is 0 Å². The van der Waals surface area contributed by atoms with Gasteiger partial charge in [0.15, 0.2) is 0 Å². The molecule has 1 aromatic heterocycles. The van der Waals surface area contributed by atoms with Gasteiger partial charge >= 0.3 is 6.18 Å². The molecule has 0 unspecified atom stereocenters. The summed E-state index contributed by atoms with van der Waals surface area (Å²) in [4.78, 5) is 2.47. The van der Waals surface area contributed by atoms with Crippen LogP contribution < -0.4 is 0 Å². The van der Waals surface area contributed by atoms with Crippen LogP contribution in [0.1, 0.15) is 5.69 Å². The largest absolute Gasteiger partial charge is 0.394 e. The molecule has 0 fully saturated rings. The van der Waals surface area contributed by atoms with E-state index in [4.69, 9.17) is 0 Å². The fourth-order valence-corrected chi connectivity index (χ4v) is 0.693. The smallest absolute Gasteiger partial charge is 0.365 e. The molecule has 0 aliphatic heterocycles. The fraction of sp³-hybridized carbons (Fsp3) is 0.333. The minimum atomic E-state index is -4.11. The molecule has 1 aromatic rings. The molecule has 1 N–H and O–H groups in total. The average Bonchev–Trinajstić information content (AvgIpc) is 2.12. The summed E-state index contributed by atoms with van der Waals surface area (Å²) in [5.74, 6) is 0. The van der Waals surface area contributed by atoms with Gasteiger partial charge in [-0.3, -0.25) is 0 Å². The Bertz CT molecular complexity index is 187. The molecular formula is C6H6F3N. The van der Waals surface area contributed by atoms with Gasteiger partial charge in [-0.15, -0.1) is 0 Å². The quantitative estimate of drug-likeness (QED) is 0.629. The van der Waals surface area contributed by atoms with Gasteiger partial charge in [-0.25, -0.2) is 0 Å². The lowest BCUT2D eigenvalue weighted by Crippen LogP contribution is -2.11. The van der Waals surface area contributed by atoms with Crippen molar-refractivity contribution in [3.8, 4) is 0 Å². The van der Waals surface area contributed by atoms with Gasteiger partial charge < -0.3 is 4.98 Å². The summed E-state index contributed by atoms with van der Waals surface area (Å²) in [5.41, 5.74) is 0.201. The lowest BCUT2D eigenvalue weighted by atomic mass is 10.3. The first-order valence-corrected chi connectivity index (χ1v) is 2.77. The number of aromatic nitrogens is 1. The molecule has 0 spiro atoms. The summed E-state index contributed by atoms with van der Waals surface area (Å²) < 4.78 is 34.8. The molecule has 0 radical (unpaired) electrons. The Labute approximate surface area is 55.9 Å². The zero-order valence-electron chi connectivity index (χ0n) is 5.07. The number of rotatable bonds is 1. The van der Waals surface area contributed by atoms with E-state index in [-0.39, 0.29) is 5.69 Å². The van der Waals surface area contributed by atoms with E-state index in [9.17, 15) is 13.2 Å². The van der Waals surface area contributed by atoms with Crippen molar-refractivity contribution in [3.05, 3.63) is 24.0 Å². The Morgan fingerprint density at radius 3 is 2.50 bits per heavy atom. The standard InChI is InChI=1S/C6H6F3N/c7-6(8,9)4-5-2-1-3-10-5/h1-3,10H,4H2. The molecule has 0 bridgehead atoms. The summed E-state index contributed by atoms with van der Waals surface area (Å²) in [6, 6.07) is 2.95. The Morgan fingerprint density at radius 1 is 1.40 bits per heavy atom. The number of H-pyrrole nitrogens is 1. The Kier molecular flexibility index (Phi) is 1.70. The third-order valence-corrected chi connectivity index (χ3v) is 1.05. The van der Waals surface area contributed by atoms with Gasteiger partial charge in [0.1, 0.15) is 0 Å². The van der Waals surface area contributed by atoms with Crippen LogP contribution >= 0.6 is 0 Å². The van der Waals surface area contributed by atoms with E-state index in [2.05, 4.69) is 4.98 Å². The van der Waals surface area contributed by atoms with Crippen LogP contribution in [0.5, 0.6) is 0 Å². The average molecular weight is 149 g/mol. The van der Waals surface area contributed by atoms with Crippen LogP contribution in [0.15, 0.2) is 18.3 Å². The highest BCUT2D eigenvalue weighted by Crippen LogP contribution is 2.19. The predicted octanol–water partition coefficient (Wildman–Crippen LogP) is 2.12. The van der Waals surface area contributed by atoms with Crippen molar-refractivity contribution >= 4 is 0 Å². The maximum atomic E-state index is 11.6. The van der Waals surface area contributed by atoms with E-state index in [1.54, 1.807) is 6.07 Å². The molecular weight excluding hydrogens is 143 g/mol. The normalized spacial score (nSPS) is 11.9. The molecule has 0 amide bonds. The van der Waals surface area contributed by atoms with Gasteiger partial charge in [0, 0.05) is 11.9 Å². The van der Waals surface area contributed by atoms with Gasteiger partial charge in [0.2, 0.25) is 0 Å². The highest BCUT2D eigenvalue weighted by atomic mass is 19.4. The number of alkyl halides is 3. The van der Waals surface area contributed by atoms with Crippen LogP contribution in [0, 0.1) is 0 Å². The van der Waals surface area contributed by atoms with Crippen molar-refractivity contribution in [1.29, 1.82) is 0 Å². The number of aromatic amines is 1. The molecule has 0 saturated heterocycles. The monoisotopic (exact) mass is 149 g/mol. The lowest BCUT2D eigenvalue weighted by molar-refractivity contribution is -0.127. The Morgan fingerprint density at radius 2 is 2.10 bits per heavy atom. The third-order valence-electron chi connectivity index (χ3n) is 1.05. The van der Waals surface area contributed by atoms with Gasteiger partial charge in [-0.05, 0) is 12.1 Å². The summed E-state index contributed by atoms with van der Waals surface area (Å²) in [7, 11) is 0. The van der Waals surface area contributed by atoms with E-state index in [0.717, 1.165) is 0 Å². The second-order valence-electron chi connectivity index (χ2n) is 1.99. The minimum Gasteiger partial charge on any atom is -0.365 e. The van der Waals surface area contributed by atoms with Crippen molar-refractivity contribution in [2.24, 2.45) is 0 Å². The molecule has 0 aliphatic carbocycles. The molecule has 56 valence electrons. The highest BCUT2D eigenvalue weighted by Gasteiger charge is 2.27. The minimum absolute atomic E-state index is 0.201. The number of nitrogens with one attached hydrogen (secondary N) is 1. The summed E-state index contributed by atoms with van der Waals surface area (Å²) >= 11 is 0. The summed E-state index contributed by atoms with van der Waals surface area (Å²) in [5, 5.41) is 0. The van der Waals surface area contributed by atoms with Crippen LogP contribution in [0.4, 0.5) is 13.2 Å². The van der Waals surface area contributed by atoms with Gasteiger partial charge in [-0.1, -0.05) is 0 Å². The highest BCUT2D eigenvalue weighted by molar-refractivity contribution is 5.04. The molecule has 1 heterocycles. The first-order chi connectivity index (χ1) is 4.58. The molecule has 1 rings (SSSR count). The van der Waals surface area contributed by atoms with E-state index >= 15 is 0 Å². The maximum absolute atomic E-state index is 11.6. The van der Waals surface area contributed by atoms with Crippen molar-refractivity contribution in [2.45, 2.75) is 12.6 Å². The summed E-state index contributed by atoms with van der Waals surface area (Å²) in [6.45, 7) is 0. The van der Waals surface area contributed by atoms with E-state index in [1.165, 1.54) is 12.3 Å². The second kappa shape index (κ2) is 2.36. The Hall–Kier alpha value is -0.930. The lowest BCUT2D eigenvalue weighted by Gasteiger charge is -2.02. The zero-order valence-corrected chi connectivity index (χ0v) is 5.07. The third kappa shape index (κ3) is 2.13. The van der Waals surface area contributed by atoms with Crippen molar-refractivity contribution < 1.29 is 13.2 Å². The zero-order chi connectivity index (χ0) is 7.61. The number of hydrogen-bond acceptors (Lipinski definition) is 0. The first-order valence-electron chi connectivity index (χ1n) is 2.77. The van der Waals surface area contributed by atoms with Gasteiger partial charge in [-0.2, -0.15) is 13.2 Å². The molecule has 0 aromatic carbocycles. The van der Waals surface area contributed by atoms with Crippen LogP contribution in [0.25, 0.3) is 0 Å². The Balaban J connectivity index is 2.57. The molecule has 0 atom stereocenters. The topological polar surface area (TPSA) is 15.8 Å². The van der Waals surface area contributed by atoms with E-state index in [1.807, 2.05) is 0 Å². The van der Waals surface area contributed by atoms with Crippen LogP contribution in [0.2, 0.25) is 0 Å².